The predicted molar refractivity (Wildman–Crippen MR) is 67.8 cm³/mol. The van der Waals surface area contributed by atoms with Crippen LogP contribution < -0.4 is 4.74 Å². The fourth-order valence-corrected chi connectivity index (χ4v) is 2.02. The zero-order chi connectivity index (χ0) is 12.2. The topological polar surface area (TPSA) is 40.6 Å². The lowest BCUT2D eigenvalue weighted by atomic mass is 10.2. The molecule has 2 heterocycles. The molecule has 0 unspecified atom stereocenters. The highest BCUT2D eigenvalue weighted by molar-refractivity contribution is 5.84. The molecule has 4 heteroatoms. The maximum atomic E-state index is 5.81. The number of pyridine rings is 1. The summed E-state index contributed by atoms with van der Waals surface area (Å²) in [6, 6.07) is 9.80. The number of rotatable bonds is 3. The second-order valence-electron chi connectivity index (χ2n) is 4.20. The highest BCUT2D eigenvalue weighted by Crippen LogP contribution is 2.23. The van der Waals surface area contributed by atoms with E-state index in [1.54, 1.807) is 6.20 Å². The second-order valence-corrected chi connectivity index (χ2v) is 4.20. The SMILES string of the molecule is c1cc(OC[C@H]2COCCO2)c2cccnc2c1. The molecule has 2 aromatic rings. The lowest BCUT2D eigenvalue weighted by molar-refractivity contribution is -0.101. The van der Waals surface area contributed by atoms with Gasteiger partial charge in [0.1, 0.15) is 18.5 Å². The Bertz CT molecular complexity index is 518. The molecular formula is C14H15NO3. The molecule has 0 radical (unpaired) electrons. The van der Waals surface area contributed by atoms with Crippen LogP contribution in [0.25, 0.3) is 10.9 Å². The third kappa shape index (κ3) is 2.44. The molecule has 0 N–H and O–H groups in total. The normalized spacial score (nSPS) is 19.9. The molecule has 1 aromatic carbocycles. The minimum Gasteiger partial charge on any atom is -0.490 e. The van der Waals surface area contributed by atoms with Gasteiger partial charge >= 0.3 is 0 Å². The van der Waals surface area contributed by atoms with E-state index in [1.807, 2.05) is 30.3 Å². The largest absolute Gasteiger partial charge is 0.490 e. The fourth-order valence-electron chi connectivity index (χ4n) is 2.02. The maximum absolute atomic E-state index is 5.81. The first-order valence-electron chi connectivity index (χ1n) is 6.09. The summed E-state index contributed by atoms with van der Waals surface area (Å²) in [5.74, 6) is 0.842. The molecule has 0 amide bonds. The molecule has 94 valence electrons. The number of nitrogens with zero attached hydrogens (tertiary/aromatic N) is 1. The van der Waals surface area contributed by atoms with E-state index >= 15 is 0 Å². The summed E-state index contributed by atoms with van der Waals surface area (Å²) < 4.78 is 16.7. The van der Waals surface area contributed by atoms with Crippen molar-refractivity contribution in [3.05, 3.63) is 36.5 Å². The average molecular weight is 245 g/mol. The number of aromatic nitrogens is 1. The van der Waals surface area contributed by atoms with Crippen molar-refractivity contribution < 1.29 is 14.2 Å². The number of hydrogen-bond donors (Lipinski definition) is 0. The predicted octanol–water partition coefficient (Wildman–Crippen LogP) is 2.03. The summed E-state index contributed by atoms with van der Waals surface area (Å²) in [6.07, 6.45) is 1.80. The summed E-state index contributed by atoms with van der Waals surface area (Å²) >= 11 is 0. The summed E-state index contributed by atoms with van der Waals surface area (Å²) in [4.78, 5) is 4.30. The molecule has 1 aliphatic rings. The van der Waals surface area contributed by atoms with Gasteiger partial charge in [-0.2, -0.15) is 0 Å². The Morgan fingerprint density at radius 1 is 1.22 bits per heavy atom. The molecule has 1 saturated heterocycles. The van der Waals surface area contributed by atoms with Crippen LogP contribution in [0.3, 0.4) is 0 Å². The van der Waals surface area contributed by atoms with Crippen LogP contribution >= 0.6 is 0 Å². The average Bonchev–Trinajstić information content (AvgIpc) is 2.46. The van der Waals surface area contributed by atoms with Gasteiger partial charge in [-0.15, -0.1) is 0 Å². The van der Waals surface area contributed by atoms with Gasteiger partial charge in [-0.05, 0) is 24.3 Å². The third-order valence-corrected chi connectivity index (χ3v) is 2.92. The van der Waals surface area contributed by atoms with E-state index in [4.69, 9.17) is 14.2 Å². The van der Waals surface area contributed by atoms with E-state index in [2.05, 4.69) is 4.98 Å². The highest BCUT2D eigenvalue weighted by Gasteiger charge is 2.15. The molecule has 0 spiro atoms. The van der Waals surface area contributed by atoms with Gasteiger partial charge in [-0.25, -0.2) is 0 Å². The molecule has 18 heavy (non-hydrogen) atoms. The van der Waals surface area contributed by atoms with Crippen LogP contribution in [0.1, 0.15) is 0 Å². The maximum Gasteiger partial charge on any atom is 0.128 e. The first-order valence-corrected chi connectivity index (χ1v) is 6.09. The third-order valence-electron chi connectivity index (χ3n) is 2.92. The van der Waals surface area contributed by atoms with Gasteiger partial charge < -0.3 is 14.2 Å². The van der Waals surface area contributed by atoms with Crippen LogP contribution in [0, 0.1) is 0 Å². The van der Waals surface area contributed by atoms with Crippen LogP contribution in [0.2, 0.25) is 0 Å². The molecule has 0 aliphatic carbocycles. The molecule has 0 bridgehead atoms. The lowest BCUT2D eigenvalue weighted by Gasteiger charge is -2.23. The smallest absolute Gasteiger partial charge is 0.128 e. The molecule has 0 saturated carbocycles. The molecule has 1 aromatic heterocycles. The molecule has 1 aliphatic heterocycles. The van der Waals surface area contributed by atoms with Crippen molar-refractivity contribution >= 4 is 10.9 Å². The van der Waals surface area contributed by atoms with Crippen molar-refractivity contribution in [2.24, 2.45) is 0 Å². The Morgan fingerprint density at radius 3 is 3.11 bits per heavy atom. The summed E-state index contributed by atoms with van der Waals surface area (Å²) in [5.41, 5.74) is 0.941. The second kappa shape index (κ2) is 5.33. The number of ether oxygens (including phenoxy) is 3. The van der Waals surface area contributed by atoms with Crippen molar-refractivity contribution in [2.45, 2.75) is 6.10 Å². The van der Waals surface area contributed by atoms with E-state index in [-0.39, 0.29) is 6.10 Å². The van der Waals surface area contributed by atoms with Crippen LogP contribution in [-0.4, -0.2) is 37.5 Å². The molecule has 1 fully saturated rings. The van der Waals surface area contributed by atoms with E-state index < -0.39 is 0 Å². The van der Waals surface area contributed by atoms with Crippen LogP contribution in [0.4, 0.5) is 0 Å². The van der Waals surface area contributed by atoms with E-state index in [9.17, 15) is 0 Å². The first kappa shape index (κ1) is 11.4. The molecule has 1 atom stereocenters. The Kier molecular flexibility index (Phi) is 3.39. The zero-order valence-electron chi connectivity index (χ0n) is 10.0. The number of fused-ring (bicyclic) bond motifs is 1. The standard InChI is InChI=1S/C14H15NO3/c1-4-13-12(3-2-6-15-13)14(5-1)18-10-11-9-16-7-8-17-11/h1-6,11H,7-10H2/t11-/m1/s1. The summed E-state index contributed by atoms with van der Waals surface area (Å²) in [6.45, 7) is 2.43. The van der Waals surface area contributed by atoms with Crippen LogP contribution in [-0.2, 0) is 9.47 Å². The Balaban J connectivity index is 1.74. The van der Waals surface area contributed by atoms with Gasteiger partial charge in [0.15, 0.2) is 0 Å². The molecule has 3 rings (SSSR count). The van der Waals surface area contributed by atoms with Crippen molar-refractivity contribution in [1.82, 2.24) is 4.98 Å². The van der Waals surface area contributed by atoms with Crippen molar-refractivity contribution in [3.63, 3.8) is 0 Å². The Labute approximate surface area is 105 Å². The zero-order valence-corrected chi connectivity index (χ0v) is 10.0. The minimum absolute atomic E-state index is 0.0191. The Hall–Kier alpha value is -1.65. The summed E-state index contributed by atoms with van der Waals surface area (Å²) in [5, 5.41) is 1.02. The van der Waals surface area contributed by atoms with Gasteiger partial charge in [-0.1, -0.05) is 6.07 Å². The van der Waals surface area contributed by atoms with Crippen molar-refractivity contribution in [3.8, 4) is 5.75 Å². The van der Waals surface area contributed by atoms with Crippen molar-refractivity contribution in [1.29, 1.82) is 0 Å². The van der Waals surface area contributed by atoms with Gasteiger partial charge in [-0.3, -0.25) is 4.98 Å². The summed E-state index contributed by atoms with van der Waals surface area (Å²) in [7, 11) is 0. The van der Waals surface area contributed by atoms with Crippen LogP contribution in [0.5, 0.6) is 5.75 Å². The van der Waals surface area contributed by atoms with E-state index in [0.717, 1.165) is 16.7 Å². The lowest BCUT2D eigenvalue weighted by Crippen LogP contribution is -2.33. The molecular weight excluding hydrogens is 230 g/mol. The van der Waals surface area contributed by atoms with Gasteiger partial charge in [0, 0.05) is 11.6 Å². The van der Waals surface area contributed by atoms with Gasteiger partial charge in [0.05, 0.1) is 25.3 Å². The Morgan fingerprint density at radius 2 is 2.22 bits per heavy atom. The highest BCUT2D eigenvalue weighted by atomic mass is 16.6. The fraction of sp³-hybridized carbons (Fsp3) is 0.357. The van der Waals surface area contributed by atoms with Crippen LogP contribution in [0.15, 0.2) is 36.5 Å². The number of benzene rings is 1. The first-order chi connectivity index (χ1) is 8.93. The number of hydrogen-bond acceptors (Lipinski definition) is 4. The van der Waals surface area contributed by atoms with Gasteiger partial charge in [0.25, 0.3) is 0 Å². The quantitative estimate of drug-likeness (QED) is 0.829. The minimum atomic E-state index is 0.0191. The monoisotopic (exact) mass is 245 g/mol. The van der Waals surface area contributed by atoms with E-state index in [1.165, 1.54) is 0 Å². The van der Waals surface area contributed by atoms with Gasteiger partial charge in [0.2, 0.25) is 0 Å². The molecule has 4 nitrogen and oxygen atoms in total. The van der Waals surface area contributed by atoms with Crippen molar-refractivity contribution in [2.75, 3.05) is 26.4 Å². The van der Waals surface area contributed by atoms with E-state index in [0.29, 0.717) is 26.4 Å².